The SMILES string of the molecule is C/C=C\C=C/c1ccc(OC)cc1.CC. The molecule has 0 aromatic heterocycles. The van der Waals surface area contributed by atoms with Crippen molar-refractivity contribution in [2.75, 3.05) is 7.11 Å². The second kappa shape index (κ2) is 9.07. The highest BCUT2D eigenvalue weighted by Gasteiger charge is 1.88. The van der Waals surface area contributed by atoms with Crippen LogP contribution in [-0.4, -0.2) is 7.11 Å². The van der Waals surface area contributed by atoms with E-state index < -0.39 is 0 Å². The third kappa shape index (κ3) is 5.74. The fraction of sp³-hybridized carbons (Fsp3) is 0.286. The lowest BCUT2D eigenvalue weighted by Crippen LogP contribution is -1.81. The first-order chi connectivity index (χ1) is 7.36. The van der Waals surface area contributed by atoms with E-state index in [-0.39, 0.29) is 0 Å². The van der Waals surface area contributed by atoms with Crippen molar-refractivity contribution in [2.45, 2.75) is 20.8 Å². The van der Waals surface area contributed by atoms with Gasteiger partial charge in [-0.1, -0.05) is 50.3 Å². The van der Waals surface area contributed by atoms with Crippen LogP contribution in [0.2, 0.25) is 0 Å². The minimum absolute atomic E-state index is 0.892. The topological polar surface area (TPSA) is 9.23 Å². The lowest BCUT2D eigenvalue weighted by molar-refractivity contribution is 0.415. The average molecular weight is 204 g/mol. The van der Waals surface area contributed by atoms with Crippen LogP contribution in [0.4, 0.5) is 0 Å². The molecule has 1 heteroatoms. The fourth-order valence-corrected chi connectivity index (χ4v) is 0.993. The van der Waals surface area contributed by atoms with Crippen molar-refractivity contribution in [1.29, 1.82) is 0 Å². The molecule has 0 aliphatic carbocycles. The summed E-state index contributed by atoms with van der Waals surface area (Å²) in [6.45, 7) is 6.00. The molecule has 0 bridgehead atoms. The van der Waals surface area contributed by atoms with E-state index in [1.165, 1.54) is 5.56 Å². The lowest BCUT2D eigenvalue weighted by Gasteiger charge is -1.98. The molecule has 1 rings (SSSR count). The number of benzene rings is 1. The van der Waals surface area contributed by atoms with Gasteiger partial charge in [0.2, 0.25) is 0 Å². The summed E-state index contributed by atoms with van der Waals surface area (Å²) in [7, 11) is 1.67. The third-order valence-electron chi connectivity index (χ3n) is 1.71. The van der Waals surface area contributed by atoms with Crippen LogP contribution in [0.25, 0.3) is 6.08 Å². The number of rotatable bonds is 3. The van der Waals surface area contributed by atoms with Gasteiger partial charge in [-0.05, 0) is 24.6 Å². The van der Waals surface area contributed by atoms with Gasteiger partial charge in [-0.2, -0.15) is 0 Å². The van der Waals surface area contributed by atoms with Crippen molar-refractivity contribution < 1.29 is 4.74 Å². The largest absolute Gasteiger partial charge is 0.497 e. The minimum atomic E-state index is 0.892. The Balaban J connectivity index is 0.000000921. The Hall–Kier alpha value is -1.50. The van der Waals surface area contributed by atoms with Gasteiger partial charge >= 0.3 is 0 Å². The molecule has 1 nitrogen and oxygen atoms in total. The van der Waals surface area contributed by atoms with Crippen LogP contribution in [0.1, 0.15) is 26.3 Å². The van der Waals surface area contributed by atoms with E-state index >= 15 is 0 Å². The van der Waals surface area contributed by atoms with E-state index in [9.17, 15) is 0 Å². The Morgan fingerprint density at radius 2 is 1.60 bits per heavy atom. The zero-order valence-corrected chi connectivity index (χ0v) is 10.0. The molecule has 0 atom stereocenters. The van der Waals surface area contributed by atoms with E-state index in [4.69, 9.17) is 4.74 Å². The number of hydrogen-bond acceptors (Lipinski definition) is 1. The smallest absolute Gasteiger partial charge is 0.118 e. The Kier molecular flexibility index (Phi) is 8.16. The molecule has 0 aliphatic heterocycles. The first-order valence-corrected chi connectivity index (χ1v) is 5.30. The zero-order chi connectivity index (χ0) is 11.5. The Bertz CT molecular complexity index is 294. The van der Waals surface area contributed by atoms with E-state index in [0.717, 1.165) is 5.75 Å². The van der Waals surface area contributed by atoms with Crippen LogP contribution in [0.5, 0.6) is 5.75 Å². The normalized spacial score (nSPS) is 10.1. The van der Waals surface area contributed by atoms with Crippen LogP contribution >= 0.6 is 0 Å². The maximum Gasteiger partial charge on any atom is 0.118 e. The van der Waals surface area contributed by atoms with Gasteiger partial charge in [0.1, 0.15) is 5.75 Å². The molecule has 1 aromatic carbocycles. The van der Waals surface area contributed by atoms with Gasteiger partial charge in [0.05, 0.1) is 7.11 Å². The van der Waals surface area contributed by atoms with Gasteiger partial charge in [-0.15, -0.1) is 0 Å². The molecule has 0 heterocycles. The predicted molar refractivity (Wildman–Crippen MR) is 68.2 cm³/mol. The fourth-order valence-electron chi connectivity index (χ4n) is 0.993. The number of allylic oxidation sites excluding steroid dienone is 3. The van der Waals surface area contributed by atoms with Gasteiger partial charge in [0.25, 0.3) is 0 Å². The Morgan fingerprint density at radius 1 is 1.00 bits per heavy atom. The summed E-state index contributed by atoms with van der Waals surface area (Å²) in [5.74, 6) is 0.892. The summed E-state index contributed by atoms with van der Waals surface area (Å²) < 4.78 is 5.06. The third-order valence-corrected chi connectivity index (χ3v) is 1.71. The highest BCUT2D eigenvalue weighted by atomic mass is 16.5. The van der Waals surface area contributed by atoms with Crippen LogP contribution in [0.3, 0.4) is 0 Å². The molecule has 1 aromatic rings. The molecule has 0 unspecified atom stereocenters. The van der Waals surface area contributed by atoms with Crippen molar-refractivity contribution in [1.82, 2.24) is 0 Å². The lowest BCUT2D eigenvalue weighted by atomic mass is 10.2. The van der Waals surface area contributed by atoms with Crippen LogP contribution in [0, 0.1) is 0 Å². The summed E-state index contributed by atoms with van der Waals surface area (Å²) in [6, 6.07) is 7.96. The van der Waals surface area contributed by atoms with E-state index in [1.807, 2.05) is 63.3 Å². The molecule has 0 radical (unpaired) electrons. The molecular formula is C14H20O. The molecule has 0 amide bonds. The molecule has 0 saturated carbocycles. The Morgan fingerprint density at radius 3 is 2.07 bits per heavy atom. The average Bonchev–Trinajstić information content (AvgIpc) is 2.33. The number of methoxy groups -OCH3 is 1. The monoisotopic (exact) mass is 204 g/mol. The minimum Gasteiger partial charge on any atom is -0.497 e. The van der Waals surface area contributed by atoms with Gasteiger partial charge in [0.15, 0.2) is 0 Å². The van der Waals surface area contributed by atoms with Gasteiger partial charge in [0, 0.05) is 0 Å². The maximum absolute atomic E-state index is 5.06. The van der Waals surface area contributed by atoms with Crippen LogP contribution < -0.4 is 4.74 Å². The molecule has 0 N–H and O–H groups in total. The van der Waals surface area contributed by atoms with Crippen LogP contribution in [0.15, 0.2) is 42.5 Å². The van der Waals surface area contributed by atoms with Crippen molar-refractivity contribution in [3.8, 4) is 5.75 Å². The van der Waals surface area contributed by atoms with Gasteiger partial charge in [-0.25, -0.2) is 0 Å². The summed E-state index contributed by atoms with van der Waals surface area (Å²) in [5, 5.41) is 0. The highest BCUT2D eigenvalue weighted by molar-refractivity contribution is 5.52. The summed E-state index contributed by atoms with van der Waals surface area (Å²) >= 11 is 0. The number of ether oxygens (including phenoxy) is 1. The summed E-state index contributed by atoms with van der Waals surface area (Å²) in [4.78, 5) is 0. The van der Waals surface area contributed by atoms with E-state index in [2.05, 4.69) is 6.08 Å². The summed E-state index contributed by atoms with van der Waals surface area (Å²) in [6.07, 6.45) is 8.07. The molecule has 0 aliphatic rings. The number of hydrogen-bond donors (Lipinski definition) is 0. The molecule has 82 valence electrons. The van der Waals surface area contributed by atoms with Crippen molar-refractivity contribution >= 4 is 6.08 Å². The highest BCUT2D eigenvalue weighted by Crippen LogP contribution is 2.12. The molecule has 15 heavy (non-hydrogen) atoms. The molecule has 0 spiro atoms. The predicted octanol–water partition coefficient (Wildman–Crippen LogP) is 4.31. The second-order valence-corrected chi connectivity index (χ2v) is 2.66. The Labute approximate surface area is 93.1 Å². The molecule has 0 saturated heterocycles. The van der Waals surface area contributed by atoms with Crippen molar-refractivity contribution in [3.05, 3.63) is 48.1 Å². The summed E-state index contributed by atoms with van der Waals surface area (Å²) in [5.41, 5.74) is 1.18. The zero-order valence-electron chi connectivity index (χ0n) is 10.0. The van der Waals surface area contributed by atoms with E-state index in [1.54, 1.807) is 7.11 Å². The molecular weight excluding hydrogens is 184 g/mol. The van der Waals surface area contributed by atoms with Crippen molar-refractivity contribution in [2.24, 2.45) is 0 Å². The first kappa shape index (κ1) is 13.5. The molecule has 0 fully saturated rings. The van der Waals surface area contributed by atoms with Crippen molar-refractivity contribution in [3.63, 3.8) is 0 Å². The van der Waals surface area contributed by atoms with E-state index in [0.29, 0.717) is 0 Å². The van der Waals surface area contributed by atoms with Gasteiger partial charge in [-0.3, -0.25) is 0 Å². The quantitative estimate of drug-likeness (QED) is 0.667. The van der Waals surface area contributed by atoms with Gasteiger partial charge < -0.3 is 4.74 Å². The maximum atomic E-state index is 5.06. The standard InChI is InChI=1S/C12H14O.C2H6/c1-3-4-5-6-11-7-9-12(13-2)10-8-11;1-2/h3-10H,1-2H3;1-2H3/b4-3-,6-5-;. The second-order valence-electron chi connectivity index (χ2n) is 2.66. The first-order valence-electron chi connectivity index (χ1n) is 5.30. The van der Waals surface area contributed by atoms with Crippen LogP contribution in [-0.2, 0) is 0 Å².